The molecule has 6 fully saturated rings. The first kappa shape index (κ1) is 49.1. The first-order valence-electron chi connectivity index (χ1n) is 22.8. The molecule has 0 aromatic rings. The second kappa shape index (κ2) is 24.8. The standard InChI is InChI=1S/C42H70Cl2N2O12S2/c1-25-3-10-31(11-4-25)54-58-59-55-33-15-16-35(42(48)49)36(22-33)41(47)45-39-17-8-27(20-37(39)43)28-9-18-40(38(44)21-28)46-52-23-30-19-34(14-7-29(30)24-53-50)57-60(51)56-32-12-5-26(2)6-13-32/h25-40,46,50H,3-24H2,1-2H3,(H,45,47)(H,48,49). The van der Waals surface area contributed by atoms with Crippen molar-refractivity contribution < 1.29 is 55.7 Å². The minimum atomic E-state index is -1.80. The van der Waals surface area contributed by atoms with Crippen LogP contribution in [-0.4, -0.2) is 86.9 Å². The molecule has 60 heavy (non-hydrogen) atoms. The van der Waals surface area contributed by atoms with Gasteiger partial charge in [0.2, 0.25) is 5.91 Å². The average molecular weight is 930 g/mol. The van der Waals surface area contributed by atoms with Crippen LogP contribution in [0.4, 0.5) is 0 Å². The molecule has 18 heteroatoms. The lowest BCUT2D eigenvalue weighted by Gasteiger charge is -2.42. The number of hydroxylamine groups is 1. The number of halogens is 2. The molecule has 6 saturated carbocycles. The number of aliphatic carboxylic acids is 1. The summed E-state index contributed by atoms with van der Waals surface area (Å²) in [7, 11) is 0. The lowest BCUT2D eigenvalue weighted by Crippen LogP contribution is -2.51. The third-order valence-corrected chi connectivity index (χ3v) is 17.0. The van der Waals surface area contributed by atoms with Crippen LogP contribution in [-0.2, 0) is 52.4 Å². The zero-order valence-corrected chi connectivity index (χ0v) is 38.5. The normalized spacial score (nSPS) is 41.0. The summed E-state index contributed by atoms with van der Waals surface area (Å²) in [5.74, 6) is -0.529. The highest BCUT2D eigenvalue weighted by Gasteiger charge is 2.43. The molecule has 0 bridgehead atoms. The second-order valence-corrected chi connectivity index (χ2v) is 21.4. The Morgan fingerprint density at radius 1 is 0.667 bits per heavy atom. The number of carbonyl (C=O) groups excluding carboxylic acids is 1. The summed E-state index contributed by atoms with van der Waals surface area (Å²) in [6, 6.07) is -0.275. The van der Waals surface area contributed by atoms with E-state index in [4.69, 9.17) is 49.8 Å². The number of carbonyl (C=O) groups is 2. The van der Waals surface area contributed by atoms with E-state index in [1.807, 2.05) is 0 Å². The molecule has 0 aromatic carbocycles. The summed E-state index contributed by atoms with van der Waals surface area (Å²) in [5, 5.41) is 21.9. The first-order valence-corrected chi connectivity index (χ1v) is 25.4. The van der Waals surface area contributed by atoms with Gasteiger partial charge in [-0.1, -0.05) is 13.8 Å². The van der Waals surface area contributed by atoms with Gasteiger partial charge in [-0.05, 0) is 164 Å². The Balaban J connectivity index is 0.889. The van der Waals surface area contributed by atoms with Crippen LogP contribution in [0.1, 0.15) is 142 Å². The van der Waals surface area contributed by atoms with Gasteiger partial charge in [0.1, 0.15) is 0 Å². The molecule has 13 atom stereocenters. The molecule has 0 spiro atoms. The average Bonchev–Trinajstić information content (AvgIpc) is 3.23. The second-order valence-electron chi connectivity index (χ2n) is 19.1. The van der Waals surface area contributed by atoms with E-state index in [2.05, 4.69) is 29.5 Å². The molecule has 6 aliphatic rings. The molecule has 13 unspecified atom stereocenters. The van der Waals surface area contributed by atoms with Gasteiger partial charge >= 0.3 is 17.3 Å². The molecule has 1 amide bonds. The maximum atomic E-state index is 13.6. The van der Waals surface area contributed by atoms with Gasteiger partial charge < -0.3 is 15.3 Å². The molecule has 0 radical (unpaired) electrons. The monoisotopic (exact) mass is 928 g/mol. The lowest BCUT2D eigenvalue weighted by molar-refractivity contribution is -0.257. The number of carboxylic acids is 1. The lowest BCUT2D eigenvalue weighted by atomic mass is 9.71. The predicted molar refractivity (Wildman–Crippen MR) is 228 cm³/mol. The number of rotatable bonds is 19. The summed E-state index contributed by atoms with van der Waals surface area (Å²) in [6.07, 6.45) is 15.7. The van der Waals surface area contributed by atoms with Crippen LogP contribution in [0, 0.1) is 47.3 Å². The van der Waals surface area contributed by atoms with Crippen molar-refractivity contribution in [2.45, 2.75) is 190 Å². The minimum Gasteiger partial charge on any atom is -0.481 e. The number of nitrogens with one attached hydrogen (secondary N) is 2. The number of hydrogen-bond acceptors (Lipinski definition) is 13. The van der Waals surface area contributed by atoms with E-state index in [-0.39, 0.29) is 78.0 Å². The van der Waals surface area contributed by atoms with E-state index in [9.17, 15) is 24.2 Å². The van der Waals surface area contributed by atoms with E-state index in [0.717, 1.165) is 102 Å². The Hall–Kier alpha value is -0.340. The van der Waals surface area contributed by atoms with Crippen LogP contribution < -0.4 is 10.8 Å². The molecular formula is C42H70Cl2N2O12S2. The summed E-state index contributed by atoms with van der Waals surface area (Å²) in [4.78, 5) is 41.9. The molecule has 0 saturated heterocycles. The van der Waals surface area contributed by atoms with Crippen LogP contribution in [0.5, 0.6) is 0 Å². The molecule has 0 aromatic heterocycles. The van der Waals surface area contributed by atoms with Crippen LogP contribution >= 0.6 is 35.5 Å². The predicted octanol–water partition coefficient (Wildman–Crippen LogP) is 8.62. The molecule has 0 aliphatic heterocycles. The van der Waals surface area contributed by atoms with Crippen LogP contribution in [0.2, 0.25) is 0 Å². The summed E-state index contributed by atoms with van der Waals surface area (Å²) in [5.41, 5.74) is 3.23. The van der Waals surface area contributed by atoms with Gasteiger partial charge in [-0.15, -0.1) is 27.5 Å². The fraction of sp³-hybridized carbons (Fsp3) is 0.952. The zero-order chi connectivity index (χ0) is 42.6. The maximum Gasteiger partial charge on any atom is 0.307 e. The number of carboxylic acid groups (broad SMARTS) is 1. The number of alkyl halides is 2. The quantitative estimate of drug-likeness (QED) is 0.0318. The number of amides is 1. The third kappa shape index (κ3) is 14.8. The smallest absolute Gasteiger partial charge is 0.307 e. The van der Waals surface area contributed by atoms with Crippen molar-refractivity contribution >= 4 is 58.8 Å². The Bertz CT molecular complexity index is 1350. The molecule has 6 aliphatic carbocycles. The van der Waals surface area contributed by atoms with Gasteiger partial charge in [-0.3, -0.25) is 27.4 Å². The largest absolute Gasteiger partial charge is 0.481 e. The molecule has 4 N–H and O–H groups in total. The van der Waals surface area contributed by atoms with Gasteiger partial charge in [-0.25, -0.2) is 9.78 Å². The van der Waals surface area contributed by atoms with Gasteiger partial charge in [0.05, 0.1) is 60.2 Å². The van der Waals surface area contributed by atoms with Crippen molar-refractivity contribution in [3.8, 4) is 0 Å². The van der Waals surface area contributed by atoms with Crippen molar-refractivity contribution in [2.75, 3.05) is 13.2 Å². The van der Waals surface area contributed by atoms with Crippen molar-refractivity contribution in [3.05, 3.63) is 0 Å². The highest BCUT2D eigenvalue weighted by molar-refractivity contribution is 7.89. The maximum absolute atomic E-state index is 13.6. The van der Waals surface area contributed by atoms with Crippen LogP contribution in [0.3, 0.4) is 0 Å². The minimum absolute atomic E-state index is 0.0221. The SMILES string of the molecule is CC1CCC(OOSOC2CCC(C(=O)O)C(C(=O)NC3CCC(C4CCC(NOCC5CC(OS(=O)OC6CCC(C)CC6)CCC5COO)C(Cl)C4)CC3Cl)C2)CC1. The van der Waals surface area contributed by atoms with Crippen molar-refractivity contribution in [1.82, 2.24) is 10.8 Å². The van der Waals surface area contributed by atoms with Gasteiger partial charge in [0.25, 0.3) is 0 Å². The summed E-state index contributed by atoms with van der Waals surface area (Å²) in [6.45, 7) is 5.05. The van der Waals surface area contributed by atoms with E-state index in [1.165, 1.54) is 0 Å². The first-order chi connectivity index (χ1) is 28.9. The van der Waals surface area contributed by atoms with E-state index >= 15 is 0 Å². The fourth-order valence-electron chi connectivity index (χ4n) is 10.7. The van der Waals surface area contributed by atoms with Crippen LogP contribution in [0.15, 0.2) is 0 Å². The zero-order valence-electron chi connectivity index (χ0n) is 35.3. The van der Waals surface area contributed by atoms with Gasteiger partial charge in [-0.2, -0.15) is 9.69 Å². The Labute approximate surface area is 373 Å². The van der Waals surface area contributed by atoms with Crippen LogP contribution in [0.25, 0.3) is 0 Å². The molecule has 0 heterocycles. The summed E-state index contributed by atoms with van der Waals surface area (Å²) < 4.78 is 35.4. The van der Waals surface area contributed by atoms with E-state index in [0.29, 0.717) is 62.4 Å². The molecule has 14 nitrogen and oxygen atoms in total. The summed E-state index contributed by atoms with van der Waals surface area (Å²) >= 11 is 12.9. The topological polar surface area (TPSA) is 180 Å². The van der Waals surface area contributed by atoms with E-state index in [1.54, 1.807) is 0 Å². The van der Waals surface area contributed by atoms with Gasteiger partial charge in [0, 0.05) is 12.1 Å². The number of hydrogen-bond donors (Lipinski definition) is 4. The van der Waals surface area contributed by atoms with Crippen molar-refractivity contribution in [3.63, 3.8) is 0 Å². The Kier molecular flexibility index (Phi) is 20.3. The third-order valence-electron chi connectivity index (χ3n) is 14.7. The highest BCUT2D eigenvalue weighted by atomic mass is 35.5. The van der Waals surface area contributed by atoms with Gasteiger partial charge in [0.15, 0.2) is 12.3 Å². The van der Waals surface area contributed by atoms with E-state index < -0.39 is 29.2 Å². The molecular weight excluding hydrogens is 860 g/mol. The highest BCUT2D eigenvalue weighted by Crippen LogP contribution is 2.42. The Morgan fingerprint density at radius 3 is 1.90 bits per heavy atom. The fourth-order valence-corrected chi connectivity index (χ4v) is 12.9. The van der Waals surface area contributed by atoms with Crippen molar-refractivity contribution in [1.29, 1.82) is 0 Å². The Morgan fingerprint density at radius 2 is 1.27 bits per heavy atom. The van der Waals surface area contributed by atoms with Crippen molar-refractivity contribution in [2.24, 2.45) is 47.3 Å². The molecule has 346 valence electrons. The molecule has 6 rings (SSSR count).